The van der Waals surface area contributed by atoms with Crippen LogP contribution < -0.4 is 5.32 Å². The first-order valence-corrected chi connectivity index (χ1v) is 7.09. The van der Waals surface area contributed by atoms with Gasteiger partial charge < -0.3 is 15.0 Å². The van der Waals surface area contributed by atoms with Crippen molar-refractivity contribution in [3.63, 3.8) is 0 Å². The van der Waals surface area contributed by atoms with Gasteiger partial charge in [-0.2, -0.15) is 0 Å². The van der Waals surface area contributed by atoms with Crippen LogP contribution >= 0.6 is 0 Å². The highest BCUT2D eigenvalue weighted by Gasteiger charge is 2.35. The van der Waals surface area contributed by atoms with Crippen molar-refractivity contribution in [1.82, 2.24) is 9.80 Å². The van der Waals surface area contributed by atoms with Crippen molar-refractivity contribution in [2.75, 3.05) is 25.5 Å². The van der Waals surface area contributed by atoms with Crippen molar-refractivity contribution in [2.45, 2.75) is 13.0 Å². The van der Waals surface area contributed by atoms with Crippen LogP contribution in [0.25, 0.3) is 0 Å². The SMILES string of the molecule is C[C@H](OC(=O)CN1C(=O)CN(C)C1=O)C(=O)Nc1ccc(F)cc1. The molecule has 4 amide bonds. The van der Waals surface area contributed by atoms with Crippen LogP contribution in [0.3, 0.4) is 0 Å². The highest BCUT2D eigenvalue weighted by Crippen LogP contribution is 2.10. The molecule has 0 aliphatic carbocycles. The van der Waals surface area contributed by atoms with Gasteiger partial charge in [0, 0.05) is 12.7 Å². The molecule has 1 aliphatic rings. The number of hydrogen-bond donors (Lipinski definition) is 1. The van der Waals surface area contributed by atoms with Gasteiger partial charge in [-0.05, 0) is 31.2 Å². The first-order valence-electron chi connectivity index (χ1n) is 7.09. The Hall–Kier alpha value is -2.97. The van der Waals surface area contributed by atoms with Gasteiger partial charge in [0.2, 0.25) is 0 Å². The number of amides is 4. The zero-order valence-corrected chi connectivity index (χ0v) is 13.1. The third-order valence-corrected chi connectivity index (χ3v) is 3.31. The monoisotopic (exact) mass is 337 g/mol. The van der Waals surface area contributed by atoms with E-state index < -0.39 is 42.3 Å². The summed E-state index contributed by atoms with van der Waals surface area (Å²) in [7, 11) is 1.43. The molecule has 8 nitrogen and oxygen atoms in total. The molecule has 0 spiro atoms. The lowest BCUT2D eigenvalue weighted by molar-refractivity contribution is -0.154. The van der Waals surface area contributed by atoms with Gasteiger partial charge in [-0.15, -0.1) is 0 Å². The van der Waals surface area contributed by atoms with E-state index in [4.69, 9.17) is 4.74 Å². The number of anilines is 1. The molecule has 0 radical (unpaired) electrons. The molecule has 1 saturated heterocycles. The number of halogens is 1. The summed E-state index contributed by atoms with van der Waals surface area (Å²) in [5, 5.41) is 2.45. The number of imide groups is 1. The molecule has 2 rings (SSSR count). The van der Waals surface area contributed by atoms with Gasteiger partial charge in [0.15, 0.2) is 6.10 Å². The Morgan fingerprint density at radius 1 is 1.29 bits per heavy atom. The normalized spacial score (nSPS) is 15.5. The van der Waals surface area contributed by atoms with Crippen LogP contribution in [0.1, 0.15) is 6.92 Å². The Bertz CT molecular complexity index is 676. The predicted octanol–water partition coefficient (Wildman–Crippen LogP) is 0.590. The van der Waals surface area contributed by atoms with Crippen LogP contribution in [0.4, 0.5) is 14.9 Å². The number of nitrogens with one attached hydrogen (secondary N) is 1. The molecule has 1 fully saturated rings. The van der Waals surface area contributed by atoms with Gasteiger partial charge in [-0.1, -0.05) is 0 Å². The molecular weight excluding hydrogens is 321 g/mol. The zero-order chi connectivity index (χ0) is 17.9. The minimum atomic E-state index is -1.15. The van der Waals surface area contributed by atoms with Crippen LogP contribution in [0.2, 0.25) is 0 Å². The van der Waals surface area contributed by atoms with Gasteiger partial charge >= 0.3 is 12.0 Å². The largest absolute Gasteiger partial charge is 0.451 e. The van der Waals surface area contributed by atoms with Crippen LogP contribution in [0.5, 0.6) is 0 Å². The van der Waals surface area contributed by atoms with E-state index in [0.717, 1.165) is 4.90 Å². The zero-order valence-electron chi connectivity index (χ0n) is 13.1. The van der Waals surface area contributed by atoms with E-state index in [1.54, 1.807) is 0 Å². The summed E-state index contributed by atoms with van der Waals surface area (Å²) in [6, 6.07) is 4.47. The Kier molecular flexibility index (Phi) is 5.12. The van der Waals surface area contributed by atoms with Crippen molar-refractivity contribution in [1.29, 1.82) is 0 Å². The van der Waals surface area contributed by atoms with E-state index in [2.05, 4.69) is 5.32 Å². The van der Waals surface area contributed by atoms with E-state index in [-0.39, 0.29) is 6.54 Å². The van der Waals surface area contributed by atoms with Gasteiger partial charge in [-0.3, -0.25) is 19.3 Å². The molecule has 128 valence electrons. The van der Waals surface area contributed by atoms with Crippen LogP contribution in [0.15, 0.2) is 24.3 Å². The van der Waals surface area contributed by atoms with Crippen molar-refractivity contribution in [3.8, 4) is 0 Å². The molecule has 24 heavy (non-hydrogen) atoms. The highest BCUT2D eigenvalue weighted by atomic mass is 19.1. The van der Waals surface area contributed by atoms with E-state index in [0.29, 0.717) is 5.69 Å². The maximum Gasteiger partial charge on any atom is 0.327 e. The summed E-state index contributed by atoms with van der Waals surface area (Å²) < 4.78 is 17.7. The van der Waals surface area contributed by atoms with E-state index in [9.17, 15) is 23.6 Å². The topological polar surface area (TPSA) is 96.0 Å². The second-order valence-corrected chi connectivity index (χ2v) is 5.25. The average Bonchev–Trinajstić information content (AvgIpc) is 2.76. The number of hydrogen-bond acceptors (Lipinski definition) is 5. The fourth-order valence-corrected chi connectivity index (χ4v) is 2.02. The molecule has 0 unspecified atom stereocenters. The number of ether oxygens (including phenoxy) is 1. The third kappa shape index (κ3) is 4.06. The summed E-state index contributed by atoms with van der Waals surface area (Å²) in [5.74, 6) is -2.46. The number of carbonyl (C=O) groups is 4. The van der Waals surface area contributed by atoms with E-state index in [1.807, 2.05) is 0 Å². The van der Waals surface area contributed by atoms with Gasteiger partial charge in [0.25, 0.3) is 11.8 Å². The second kappa shape index (κ2) is 7.07. The molecule has 1 atom stereocenters. The third-order valence-electron chi connectivity index (χ3n) is 3.31. The predicted molar refractivity (Wildman–Crippen MR) is 80.3 cm³/mol. The number of rotatable bonds is 5. The quantitative estimate of drug-likeness (QED) is 0.627. The summed E-state index contributed by atoms with van der Waals surface area (Å²) in [6.07, 6.45) is -1.15. The Morgan fingerprint density at radius 3 is 2.46 bits per heavy atom. The van der Waals surface area contributed by atoms with E-state index in [1.165, 1.54) is 43.1 Å². The first-order chi connectivity index (χ1) is 11.3. The lowest BCUT2D eigenvalue weighted by atomic mass is 10.3. The molecule has 1 aliphatic heterocycles. The standard InChI is InChI=1S/C15H16FN3O5/c1-9(14(22)17-11-5-3-10(16)4-6-11)24-13(21)8-19-12(20)7-18(2)15(19)23/h3-6,9H,7-8H2,1-2H3,(H,17,22)/t9-/m0/s1. The smallest absolute Gasteiger partial charge is 0.327 e. The molecule has 0 saturated carbocycles. The number of nitrogens with zero attached hydrogens (tertiary/aromatic N) is 2. The molecule has 1 N–H and O–H groups in total. The highest BCUT2D eigenvalue weighted by molar-refractivity contribution is 6.04. The van der Waals surface area contributed by atoms with Gasteiger partial charge in [-0.25, -0.2) is 9.18 Å². The fourth-order valence-electron chi connectivity index (χ4n) is 2.02. The fraction of sp³-hybridized carbons (Fsp3) is 0.333. The first kappa shape index (κ1) is 17.4. The summed E-state index contributed by atoms with van der Waals surface area (Å²) in [5.41, 5.74) is 0.343. The Morgan fingerprint density at radius 2 is 1.92 bits per heavy atom. The van der Waals surface area contributed by atoms with Crippen LogP contribution in [0, 0.1) is 5.82 Å². The van der Waals surface area contributed by atoms with Crippen molar-refractivity contribution in [2.24, 2.45) is 0 Å². The Labute approximate surface area is 137 Å². The second-order valence-electron chi connectivity index (χ2n) is 5.25. The minimum Gasteiger partial charge on any atom is -0.451 e. The minimum absolute atomic E-state index is 0.104. The molecule has 1 aromatic rings. The number of benzene rings is 1. The molecule has 9 heteroatoms. The summed E-state index contributed by atoms with van der Waals surface area (Å²) in [6.45, 7) is 0.680. The summed E-state index contributed by atoms with van der Waals surface area (Å²) in [4.78, 5) is 48.8. The Balaban J connectivity index is 1.86. The van der Waals surface area contributed by atoms with Crippen LogP contribution in [-0.2, 0) is 19.1 Å². The molecular formula is C15H16FN3O5. The molecule has 0 bridgehead atoms. The van der Waals surface area contributed by atoms with E-state index >= 15 is 0 Å². The maximum absolute atomic E-state index is 12.8. The van der Waals surface area contributed by atoms with Crippen LogP contribution in [-0.4, -0.2) is 59.9 Å². The number of carbonyl (C=O) groups excluding carboxylic acids is 4. The maximum atomic E-state index is 12.8. The number of likely N-dealkylation sites (N-methyl/N-ethyl adjacent to an activating group) is 1. The average molecular weight is 337 g/mol. The summed E-state index contributed by atoms with van der Waals surface area (Å²) >= 11 is 0. The van der Waals surface area contributed by atoms with Gasteiger partial charge in [0.05, 0.1) is 0 Å². The lowest BCUT2D eigenvalue weighted by Crippen LogP contribution is -2.39. The number of urea groups is 1. The molecule has 0 aromatic heterocycles. The lowest BCUT2D eigenvalue weighted by Gasteiger charge is -2.16. The number of esters is 1. The van der Waals surface area contributed by atoms with Crippen molar-refractivity contribution >= 4 is 29.5 Å². The van der Waals surface area contributed by atoms with Gasteiger partial charge in [0.1, 0.15) is 18.9 Å². The molecule has 1 aromatic carbocycles. The van der Waals surface area contributed by atoms with Crippen molar-refractivity contribution in [3.05, 3.63) is 30.1 Å². The van der Waals surface area contributed by atoms with Crippen molar-refractivity contribution < 1.29 is 28.3 Å². The molecule has 1 heterocycles.